The van der Waals surface area contributed by atoms with E-state index in [2.05, 4.69) is 11.8 Å². The van der Waals surface area contributed by atoms with E-state index in [1.165, 1.54) is 12.8 Å². The van der Waals surface area contributed by atoms with E-state index in [1.807, 2.05) is 36.2 Å². The van der Waals surface area contributed by atoms with Gasteiger partial charge >= 0.3 is 0 Å². The second-order valence-electron chi connectivity index (χ2n) is 5.65. The van der Waals surface area contributed by atoms with Crippen LogP contribution in [0.3, 0.4) is 0 Å². The highest BCUT2D eigenvalue weighted by molar-refractivity contribution is 5.78. The molecule has 1 aliphatic rings. The van der Waals surface area contributed by atoms with Crippen LogP contribution < -0.4 is 0 Å². The van der Waals surface area contributed by atoms with Gasteiger partial charge < -0.3 is 10.0 Å². The van der Waals surface area contributed by atoms with Crippen molar-refractivity contribution in [3.63, 3.8) is 0 Å². The summed E-state index contributed by atoms with van der Waals surface area (Å²) in [4.78, 5) is 14.1. The molecule has 112 valence electrons. The summed E-state index contributed by atoms with van der Waals surface area (Å²) in [5.41, 5.74) is 2.03. The molecule has 1 fully saturated rings. The van der Waals surface area contributed by atoms with Crippen LogP contribution in [-0.2, 0) is 11.3 Å². The Morgan fingerprint density at radius 1 is 1.38 bits per heavy atom. The number of hydrogen-bond donors (Lipinski definition) is 1. The van der Waals surface area contributed by atoms with E-state index in [0.29, 0.717) is 13.0 Å². The van der Waals surface area contributed by atoms with Gasteiger partial charge in [0.05, 0.1) is 6.61 Å². The molecule has 1 aliphatic carbocycles. The second kappa shape index (κ2) is 7.85. The van der Waals surface area contributed by atoms with E-state index < -0.39 is 0 Å². The Labute approximate surface area is 127 Å². The number of benzene rings is 1. The first-order chi connectivity index (χ1) is 10.2. The largest absolute Gasteiger partial charge is 0.395 e. The van der Waals surface area contributed by atoms with Gasteiger partial charge in [0.1, 0.15) is 0 Å². The molecule has 0 spiro atoms. The summed E-state index contributed by atoms with van der Waals surface area (Å²) in [7, 11) is 1.88. The van der Waals surface area contributed by atoms with Gasteiger partial charge in [0.25, 0.3) is 0 Å². The lowest BCUT2D eigenvalue weighted by Gasteiger charge is -2.21. The SMILES string of the molecule is CN(Cc1cccc(C#CCCO)c1)C(=O)C1CCCC1. The van der Waals surface area contributed by atoms with Gasteiger partial charge in [-0.05, 0) is 30.5 Å². The maximum atomic E-state index is 12.3. The Bertz CT molecular complexity index is 536. The van der Waals surface area contributed by atoms with E-state index in [9.17, 15) is 4.79 Å². The lowest BCUT2D eigenvalue weighted by Crippen LogP contribution is -2.31. The molecule has 3 heteroatoms. The molecule has 1 aromatic rings. The zero-order valence-electron chi connectivity index (χ0n) is 12.6. The molecule has 1 saturated carbocycles. The first-order valence-corrected chi connectivity index (χ1v) is 7.64. The molecule has 21 heavy (non-hydrogen) atoms. The number of aliphatic hydroxyl groups excluding tert-OH is 1. The fourth-order valence-electron chi connectivity index (χ4n) is 2.80. The normalized spacial score (nSPS) is 14.6. The molecule has 0 heterocycles. The lowest BCUT2D eigenvalue weighted by atomic mass is 10.1. The van der Waals surface area contributed by atoms with E-state index in [1.54, 1.807) is 0 Å². The highest BCUT2D eigenvalue weighted by Crippen LogP contribution is 2.26. The Kier molecular flexibility index (Phi) is 5.83. The first kappa shape index (κ1) is 15.6. The van der Waals surface area contributed by atoms with E-state index in [-0.39, 0.29) is 18.4 Å². The van der Waals surface area contributed by atoms with Crippen LogP contribution in [-0.4, -0.2) is 29.6 Å². The number of carbonyl (C=O) groups is 1. The number of nitrogens with zero attached hydrogens (tertiary/aromatic N) is 1. The molecule has 0 atom stereocenters. The van der Waals surface area contributed by atoms with Crippen LogP contribution in [0.4, 0.5) is 0 Å². The van der Waals surface area contributed by atoms with Crippen molar-refractivity contribution in [1.29, 1.82) is 0 Å². The van der Waals surface area contributed by atoms with Gasteiger partial charge in [-0.25, -0.2) is 0 Å². The molecule has 0 bridgehead atoms. The fourth-order valence-corrected chi connectivity index (χ4v) is 2.80. The summed E-state index contributed by atoms with van der Waals surface area (Å²) < 4.78 is 0. The van der Waals surface area contributed by atoms with Crippen molar-refractivity contribution in [2.45, 2.75) is 38.6 Å². The lowest BCUT2D eigenvalue weighted by molar-refractivity contribution is -0.134. The summed E-state index contributed by atoms with van der Waals surface area (Å²) >= 11 is 0. The monoisotopic (exact) mass is 285 g/mol. The van der Waals surface area contributed by atoms with Gasteiger partial charge in [0.2, 0.25) is 5.91 Å². The predicted octanol–water partition coefficient (Wildman–Crippen LogP) is 2.57. The molecule has 3 nitrogen and oxygen atoms in total. The molecule has 0 aliphatic heterocycles. The molecule has 0 unspecified atom stereocenters. The minimum atomic E-state index is 0.0886. The highest BCUT2D eigenvalue weighted by Gasteiger charge is 2.25. The van der Waals surface area contributed by atoms with Gasteiger partial charge in [-0.2, -0.15) is 0 Å². The third kappa shape index (κ3) is 4.61. The summed E-state index contributed by atoms with van der Waals surface area (Å²) in [5.74, 6) is 6.44. The average Bonchev–Trinajstić information content (AvgIpc) is 3.01. The molecule has 1 N–H and O–H groups in total. The van der Waals surface area contributed by atoms with Gasteiger partial charge in [-0.3, -0.25) is 4.79 Å². The van der Waals surface area contributed by atoms with Crippen LogP contribution in [0.5, 0.6) is 0 Å². The zero-order valence-corrected chi connectivity index (χ0v) is 12.6. The maximum Gasteiger partial charge on any atom is 0.225 e. The van der Waals surface area contributed by atoms with E-state index in [0.717, 1.165) is 24.0 Å². The standard InChI is InChI=1S/C18H23NO2/c1-19(18(21)17-10-2-3-11-17)14-16-9-6-8-15(13-16)7-4-5-12-20/h6,8-9,13,17,20H,2-3,5,10-12,14H2,1H3. The van der Waals surface area contributed by atoms with Gasteiger partial charge in [-0.15, -0.1) is 0 Å². The summed E-state index contributed by atoms with van der Waals surface area (Å²) in [6.07, 6.45) is 4.93. The molecule has 1 aromatic carbocycles. The number of aliphatic hydroxyl groups is 1. The quantitative estimate of drug-likeness (QED) is 0.864. The Hall–Kier alpha value is -1.79. The van der Waals surface area contributed by atoms with Crippen molar-refractivity contribution >= 4 is 5.91 Å². The summed E-state index contributed by atoms with van der Waals surface area (Å²) in [5, 5.41) is 8.74. The van der Waals surface area contributed by atoms with Crippen molar-refractivity contribution in [1.82, 2.24) is 4.90 Å². The minimum absolute atomic E-state index is 0.0886. The molecule has 0 aromatic heterocycles. The first-order valence-electron chi connectivity index (χ1n) is 7.64. The maximum absolute atomic E-state index is 12.3. The van der Waals surface area contributed by atoms with E-state index >= 15 is 0 Å². The van der Waals surface area contributed by atoms with Crippen LogP contribution in [0, 0.1) is 17.8 Å². The molecule has 0 saturated heterocycles. The third-order valence-corrected chi connectivity index (χ3v) is 3.90. The van der Waals surface area contributed by atoms with Crippen LogP contribution in [0.25, 0.3) is 0 Å². The predicted molar refractivity (Wildman–Crippen MR) is 83.5 cm³/mol. The second-order valence-corrected chi connectivity index (χ2v) is 5.65. The fraction of sp³-hybridized carbons (Fsp3) is 0.500. The number of amides is 1. The van der Waals surface area contributed by atoms with Crippen LogP contribution in [0.15, 0.2) is 24.3 Å². The van der Waals surface area contributed by atoms with Gasteiger partial charge in [0.15, 0.2) is 0 Å². The van der Waals surface area contributed by atoms with Crippen LogP contribution in [0.1, 0.15) is 43.2 Å². The Morgan fingerprint density at radius 3 is 2.86 bits per heavy atom. The van der Waals surface area contributed by atoms with Gasteiger partial charge in [-0.1, -0.05) is 36.8 Å². The highest BCUT2D eigenvalue weighted by atomic mass is 16.2. The van der Waals surface area contributed by atoms with Crippen molar-refractivity contribution in [3.05, 3.63) is 35.4 Å². The Morgan fingerprint density at radius 2 is 2.14 bits per heavy atom. The number of hydrogen-bond acceptors (Lipinski definition) is 2. The molecule has 2 rings (SSSR count). The minimum Gasteiger partial charge on any atom is -0.395 e. The average molecular weight is 285 g/mol. The third-order valence-electron chi connectivity index (χ3n) is 3.90. The number of carbonyl (C=O) groups excluding carboxylic acids is 1. The Balaban J connectivity index is 1.97. The van der Waals surface area contributed by atoms with Crippen molar-refractivity contribution in [2.24, 2.45) is 5.92 Å². The molecule has 1 amide bonds. The van der Waals surface area contributed by atoms with Crippen LogP contribution in [0.2, 0.25) is 0 Å². The summed E-state index contributed by atoms with van der Waals surface area (Å²) in [6, 6.07) is 7.96. The zero-order chi connectivity index (χ0) is 15.1. The van der Waals surface area contributed by atoms with Crippen LogP contribution >= 0.6 is 0 Å². The summed E-state index contributed by atoms with van der Waals surface area (Å²) in [6.45, 7) is 0.718. The topological polar surface area (TPSA) is 40.5 Å². The van der Waals surface area contributed by atoms with Crippen molar-refractivity contribution < 1.29 is 9.90 Å². The van der Waals surface area contributed by atoms with Gasteiger partial charge in [0, 0.05) is 31.5 Å². The number of rotatable bonds is 4. The smallest absolute Gasteiger partial charge is 0.225 e. The van der Waals surface area contributed by atoms with Crippen molar-refractivity contribution in [2.75, 3.05) is 13.7 Å². The molecular formula is C18H23NO2. The van der Waals surface area contributed by atoms with Crippen molar-refractivity contribution in [3.8, 4) is 11.8 Å². The molecule has 0 radical (unpaired) electrons. The van der Waals surface area contributed by atoms with E-state index in [4.69, 9.17) is 5.11 Å². The molecular weight excluding hydrogens is 262 g/mol.